The van der Waals surface area contributed by atoms with E-state index in [1.165, 1.54) is 6.20 Å². The SMILES string of the molecule is O=c1nc([O-])ccn1[C@@H]1O[C@H](CO)[C@H]2OP(=O)(O)OC[C@H]21. The van der Waals surface area contributed by atoms with Gasteiger partial charge in [-0.2, -0.15) is 0 Å². The maximum Gasteiger partial charge on any atom is 0.472 e. The Morgan fingerprint density at radius 2 is 2.33 bits per heavy atom. The molecule has 1 aromatic rings. The van der Waals surface area contributed by atoms with Crippen molar-refractivity contribution in [3.63, 3.8) is 0 Å². The number of aromatic nitrogens is 2. The van der Waals surface area contributed by atoms with Gasteiger partial charge in [-0.1, -0.05) is 0 Å². The zero-order valence-electron chi connectivity index (χ0n) is 10.6. The predicted octanol–water partition coefficient (Wildman–Crippen LogP) is -1.66. The summed E-state index contributed by atoms with van der Waals surface area (Å²) in [5.41, 5.74) is -0.817. The lowest BCUT2D eigenvalue weighted by Crippen LogP contribution is -2.39. The van der Waals surface area contributed by atoms with Gasteiger partial charge in [-0.25, -0.2) is 14.3 Å². The number of fused-ring (bicyclic) bond motifs is 1. The highest BCUT2D eigenvalue weighted by Crippen LogP contribution is 2.54. The normalized spacial score (nSPS) is 39.1. The highest BCUT2D eigenvalue weighted by atomic mass is 31.2. The second-order valence-electron chi connectivity index (χ2n) is 4.70. The molecule has 1 unspecified atom stereocenters. The zero-order valence-corrected chi connectivity index (χ0v) is 11.5. The number of phosphoric acid groups is 1. The molecule has 2 aliphatic rings. The highest BCUT2D eigenvalue weighted by Gasteiger charge is 2.53. The first kappa shape index (κ1) is 14.6. The molecule has 5 atom stereocenters. The second kappa shape index (κ2) is 5.16. The van der Waals surface area contributed by atoms with Gasteiger partial charge in [0.15, 0.2) is 0 Å². The molecular formula is C10H12N2O8P-. The quantitative estimate of drug-likeness (QED) is 0.612. The Hall–Kier alpha value is -1.29. The first-order valence-corrected chi connectivity index (χ1v) is 7.59. The van der Waals surface area contributed by atoms with Gasteiger partial charge in [0, 0.05) is 6.20 Å². The number of hydrogen-bond acceptors (Lipinski definition) is 8. The van der Waals surface area contributed by atoms with E-state index >= 15 is 0 Å². The fourth-order valence-corrected chi connectivity index (χ4v) is 3.51. The Labute approximate surface area is 118 Å². The van der Waals surface area contributed by atoms with E-state index in [1.54, 1.807) is 0 Å². The van der Waals surface area contributed by atoms with E-state index < -0.39 is 50.4 Å². The largest absolute Gasteiger partial charge is 0.858 e. The molecule has 0 saturated carbocycles. The van der Waals surface area contributed by atoms with Gasteiger partial charge in [0.05, 0.1) is 19.1 Å². The third-order valence-corrected chi connectivity index (χ3v) is 4.40. The van der Waals surface area contributed by atoms with E-state index in [1.807, 2.05) is 0 Å². The molecule has 3 rings (SSSR count). The van der Waals surface area contributed by atoms with Crippen LogP contribution in [-0.2, 0) is 18.3 Å². The number of nitrogens with zero attached hydrogens (tertiary/aromatic N) is 2. The maximum absolute atomic E-state index is 11.7. The molecule has 0 bridgehead atoms. The minimum atomic E-state index is -4.19. The Morgan fingerprint density at radius 1 is 1.57 bits per heavy atom. The van der Waals surface area contributed by atoms with Crippen LogP contribution in [-0.4, -0.2) is 45.0 Å². The molecule has 0 amide bonds. The van der Waals surface area contributed by atoms with Crippen LogP contribution in [0.5, 0.6) is 5.88 Å². The molecule has 116 valence electrons. The first-order chi connectivity index (χ1) is 9.91. The van der Waals surface area contributed by atoms with Crippen molar-refractivity contribution in [2.75, 3.05) is 13.2 Å². The molecule has 11 heteroatoms. The van der Waals surface area contributed by atoms with Gasteiger partial charge in [0.1, 0.15) is 18.4 Å². The third-order valence-electron chi connectivity index (χ3n) is 3.41. The van der Waals surface area contributed by atoms with Crippen LogP contribution < -0.4 is 10.8 Å². The summed E-state index contributed by atoms with van der Waals surface area (Å²) in [6, 6.07) is 1.09. The van der Waals surface area contributed by atoms with Crippen LogP contribution in [0.2, 0.25) is 0 Å². The van der Waals surface area contributed by atoms with E-state index in [-0.39, 0.29) is 6.61 Å². The Bertz CT molecular complexity index is 648. The molecule has 2 aliphatic heterocycles. The van der Waals surface area contributed by atoms with Gasteiger partial charge in [-0.15, -0.1) is 0 Å². The van der Waals surface area contributed by atoms with Crippen molar-refractivity contribution < 1.29 is 33.5 Å². The van der Waals surface area contributed by atoms with Crippen molar-refractivity contribution in [1.29, 1.82) is 0 Å². The number of ether oxygens (including phenoxy) is 1. The highest BCUT2D eigenvalue weighted by molar-refractivity contribution is 7.47. The van der Waals surface area contributed by atoms with Crippen LogP contribution in [0.15, 0.2) is 17.1 Å². The Morgan fingerprint density at radius 3 is 3.00 bits per heavy atom. The van der Waals surface area contributed by atoms with E-state index in [4.69, 9.17) is 13.8 Å². The number of rotatable bonds is 2. The Balaban J connectivity index is 1.94. The van der Waals surface area contributed by atoms with Crippen LogP contribution in [0.25, 0.3) is 0 Å². The van der Waals surface area contributed by atoms with Crippen molar-refractivity contribution in [3.05, 3.63) is 22.7 Å². The van der Waals surface area contributed by atoms with Gasteiger partial charge in [0.2, 0.25) is 0 Å². The van der Waals surface area contributed by atoms with E-state index in [2.05, 4.69) is 4.98 Å². The lowest BCUT2D eigenvalue weighted by molar-refractivity contribution is -0.275. The Kier molecular flexibility index (Phi) is 3.60. The molecule has 2 fully saturated rings. The molecule has 21 heavy (non-hydrogen) atoms. The summed E-state index contributed by atoms with van der Waals surface area (Å²) in [7, 11) is -4.19. The summed E-state index contributed by atoms with van der Waals surface area (Å²) in [6.07, 6.45) is -1.48. The molecule has 0 spiro atoms. The maximum atomic E-state index is 11.7. The van der Waals surface area contributed by atoms with E-state index in [0.29, 0.717) is 0 Å². The zero-order chi connectivity index (χ0) is 15.2. The first-order valence-electron chi connectivity index (χ1n) is 6.09. The summed E-state index contributed by atoms with van der Waals surface area (Å²) >= 11 is 0. The fourth-order valence-electron chi connectivity index (χ4n) is 2.49. The molecule has 0 aliphatic carbocycles. The van der Waals surface area contributed by atoms with E-state index in [0.717, 1.165) is 10.6 Å². The number of phosphoric ester groups is 1. The van der Waals surface area contributed by atoms with Gasteiger partial charge in [0.25, 0.3) is 0 Å². The second-order valence-corrected chi connectivity index (χ2v) is 6.11. The molecule has 3 heterocycles. The van der Waals surface area contributed by atoms with Crippen molar-refractivity contribution in [1.82, 2.24) is 9.55 Å². The monoisotopic (exact) mass is 319 g/mol. The number of hydrogen-bond donors (Lipinski definition) is 2. The van der Waals surface area contributed by atoms with Crippen LogP contribution in [0.3, 0.4) is 0 Å². The third kappa shape index (κ3) is 2.61. The summed E-state index contributed by atoms with van der Waals surface area (Å²) in [6.45, 7) is -0.648. The van der Waals surface area contributed by atoms with Crippen molar-refractivity contribution >= 4 is 7.82 Å². The molecule has 0 aromatic carbocycles. The number of aliphatic hydroxyl groups excluding tert-OH is 1. The fraction of sp³-hybridized carbons (Fsp3) is 0.600. The van der Waals surface area contributed by atoms with Gasteiger partial charge < -0.3 is 19.8 Å². The average molecular weight is 319 g/mol. The molecule has 10 nitrogen and oxygen atoms in total. The van der Waals surface area contributed by atoms with Crippen molar-refractivity contribution in [3.8, 4) is 5.88 Å². The molecule has 2 N–H and O–H groups in total. The summed E-state index contributed by atoms with van der Waals surface area (Å²) < 4.78 is 27.6. The van der Waals surface area contributed by atoms with Crippen LogP contribution in [0.1, 0.15) is 6.23 Å². The van der Waals surface area contributed by atoms with Gasteiger partial charge in [-0.3, -0.25) is 13.6 Å². The predicted molar refractivity (Wildman–Crippen MR) is 63.1 cm³/mol. The van der Waals surface area contributed by atoms with Crippen LogP contribution >= 0.6 is 7.82 Å². The summed E-state index contributed by atoms with van der Waals surface area (Å²) in [5, 5.41) is 20.3. The molecule has 2 saturated heterocycles. The minimum Gasteiger partial charge on any atom is -0.858 e. The van der Waals surface area contributed by atoms with Crippen LogP contribution in [0, 0.1) is 5.92 Å². The smallest absolute Gasteiger partial charge is 0.472 e. The number of aliphatic hydroxyl groups is 1. The van der Waals surface area contributed by atoms with E-state index in [9.17, 15) is 24.5 Å². The summed E-state index contributed by atoms with van der Waals surface area (Å²) in [4.78, 5) is 24.3. The topological polar surface area (TPSA) is 143 Å². The molecule has 0 radical (unpaired) electrons. The molecule has 1 aromatic heterocycles. The lowest BCUT2D eigenvalue weighted by atomic mass is 10.0. The minimum absolute atomic E-state index is 0.189. The van der Waals surface area contributed by atoms with Crippen molar-refractivity contribution in [2.45, 2.75) is 18.4 Å². The standard InChI is InChI=1S/C10H13N2O8P/c13-3-6-8-5(4-18-21(16,17)20-8)9(19-6)12-2-1-7(14)11-10(12)15/h1-2,5-6,8-9,13H,3-4H2,(H,16,17)(H,11,14,15)/p-1/t5-,6-,8+,9-/m1/s1. The lowest BCUT2D eigenvalue weighted by Gasteiger charge is -2.30. The summed E-state index contributed by atoms with van der Waals surface area (Å²) in [5.74, 6) is -1.27. The molecular weight excluding hydrogens is 307 g/mol. The van der Waals surface area contributed by atoms with Crippen LogP contribution in [0.4, 0.5) is 0 Å². The average Bonchev–Trinajstić information content (AvgIpc) is 2.75. The van der Waals surface area contributed by atoms with Crippen molar-refractivity contribution in [2.24, 2.45) is 5.92 Å². The van der Waals surface area contributed by atoms with Gasteiger partial charge >= 0.3 is 13.5 Å². The van der Waals surface area contributed by atoms with Gasteiger partial charge in [-0.05, 0) is 11.9 Å².